The van der Waals surface area contributed by atoms with E-state index >= 15 is 0 Å². The molecule has 1 N–H and O–H groups in total. The van der Waals surface area contributed by atoms with Crippen LogP contribution in [0.25, 0.3) is 0 Å². The van der Waals surface area contributed by atoms with E-state index in [4.69, 9.17) is 0 Å². The monoisotopic (exact) mass is 310 g/mol. The average molecular weight is 310 g/mol. The van der Waals surface area contributed by atoms with Gasteiger partial charge in [0.2, 0.25) is 10.0 Å². The first-order valence-electron chi connectivity index (χ1n) is 7.65. The van der Waals surface area contributed by atoms with E-state index in [2.05, 4.69) is 19.2 Å². The van der Waals surface area contributed by atoms with Crippen LogP contribution in [0.1, 0.15) is 38.7 Å². The summed E-state index contributed by atoms with van der Waals surface area (Å²) in [6.45, 7) is 6.45. The Hall–Kier alpha value is -0.910. The summed E-state index contributed by atoms with van der Waals surface area (Å²) in [6.07, 6.45) is 3.00. The molecule has 0 unspecified atom stereocenters. The van der Waals surface area contributed by atoms with E-state index in [-0.39, 0.29) is 0 Å². The summed E-state index contributed by atoms with van der Waals surface area (Å²) >= 11 is 0. The lowest BCUT2D eigenvalue weighted by Gasteiger charge is -2.38. The third-order valence-corrected chi connectivity index (χ3v) is 6.64. The number of sulfonamides is 1. The third kappa shape index (κ3) is 3.65. The normalized spacial score (nSPS) is 19.6. The molecule has 0 saturated carbocycles. The van der Waals surface area contributed by atoms with Gasteiger partial charge in [-0.1, -0.05) is 32.4 Å². The molecule has 0 aliphatic carbocycles. The Morgan fingerprint density at radius 1 is 1.19 bits per heavy atom. The number of benzene rings is 1. The lowest BCUT2D eigenvalue weighted by atomic mass is 9.79. The lowest BCUT2D eigenvalue weighted by Crippen LogP contribution is -2.41. The summed E-state index contributed by atoms with van der Waals surface area (Å²) in [5.41, 5.74) is 1.39. The molecule has 1 fully saturated rings. The molecule has 4 nitrogen and oxygen atoms in total. The van der Waals surface area contributed by atoms with Crippen molar-refractivity contribution in [3.8, 4) is 0 Å². The molecule has 0 radical (unpaired) electrons. The van der Waals surface area contributed by atoms with E-state index < -0.39 is 10.0 Å². The van der Waals surface area contributed by atoms with Crippen LogP contribution in [0.3, 0.4) is 0 Å². The summed E-state index contributed by atoms with van der Waals surface area (Å²) in [6, 6.07) is 7.19. The number of hydrogen-bond donors (Lipinski definition) is 1. The SMILES string of the molecule is CCC1(C)CCN(S(=O)(=O)c2ccc(CNC)cc2)CC1. The van der Waals surface area contributed by atoms with E-state index in [1.807, 2.05) is 19.2 Å². The quantitative estimate of drug-likeness (QED) is 0.909. The second kappa shape index (κ2) is 6.46. The maximum atomic E-state index is 12.7. The van der Waals surface area contributed by atoms with Crippen molar-refractivity contribution in [2.24, 2.45) is 5.41 Å². The highest BCUT2D eigenvalue weighted by Crippen LogP contribution is 2.35. The Morgan fingerprint density at radius 2 is 1.76 bits per heavy atom. The molecule has 2 rings (SSSR count). The van der Waals surface area contributed by atoms with Crippen LogP contribution in [-0.4, -0.2) is 32.9 Å². The molecule has 0 amide bonds. The van der Waals surface area contributed by atoms with Crippen LogP contribution >= 0.6 is 0 Å². The molecule has 1 aromatic rings. The van der Waals surface area contributed by atoms with Gasteiger partial charge in [-0.15, -0.1) is 0 Å². The van der Waals surface area contributed by atoms with Crippen LogP contribution in [0.5, 0.6) is 0 Å². The second-order valence-electron chi connectivity index (χ2n) is 6.24. The topological polar surface area (TPSA) is 49.4 Å². The Labute approximate surface area is 128 Å². The molecular weight excluding hydrogens is 284 g/mol. The van der Waals surface area contributed by atoms with Crippen LogP contribution in [0, 0.1) is 5.41 Å². The summed E-state index contributed by atoms with van der Waals surface area (Å²) in [7, 11) is -1.46. The van der Waals surface area contributed by atoms with Gasteiger partial charge in [0, 0.05) is 19.6 Å². The van der Waals surface area contributed by atoms with Crippen molar-refractivity contribution in [2.75, 3.05) is 20.1 Å². The molecule has 118 valence electrons. The molecule has 1 aliphatic rings. The van der Waals surface area contributed by atoms with Crippen LogP contribution in [0.2, 0.25) is 0 Å². The minimum absolute atomic E-state index is 0.294. The van der Waals surface area contributed by atoms with Gasteiger partial charge in [0.15, 0.2) is 0 Å². The molecule has 1 aromatic carbocycles. The molecule has 0 bridgehead atoms. The number of nitrogens with one attached hydrogen (secondary N) is 1. The second-order valence-corrected chi connectivity index (χ2v) is 8.18. The Balaban J connectivity index is 2.12. The largest absolute Gasteiger partial charge is 0.316 e. The first-order chi connectivity index (χ1) is 9.91. The predicted octanol–water partition coefficient (Wildman–Crippen LogP) is 2.61. The van der Waals surface area contributed by atoms with Crippen molar-refractivity contribution in [3.63, 3.8) is 0 Å². The average Bonchev–Trinajstić information content (AvgIpc) is 2.49. The van der Waals surface area contributed by atoms with Crippen molar-refractivity contribution >= 4 is 10.0 Å². The molecule has 21 heavy (non-hydrogen) atoms. The number of rotatable bonds is 5. The van der Waals surface area contributed by atoms with Crippen LogP contribution in [0.15, 0.2) is 29.2 Å². The fraction of sp³-hybridized carbons (Fsp3) is 0.625. The lowest BCUT2D eigenvalue weighted by molar-refractivity contribution is 0.169. The molecule has 0 atom stereocenters. The third-order valence-electron chi connectivity index (χ3n) is 4.73. The van der Waals surface area contributed by atoms with Gasteiger partial charge < -0.3 is 5.32 Å². The molecule has 0 spiro atoms. The number of piperidine rings is 1. The standard InChI is InChI=1S/C16H26N2O2S/c1-4-16(2)9-11-18(12-10-16)21(19,20)15-7-5-14(6-8-15)13-17-3/h5-8,17H,4,9-13H2,1-3H3. The molecule has 0 aromatic heterocycles. The van der Waals surface area contributed by atoms with Crippen molar-refractivity contribution in [2.45, 2.75) is 44.6 Å². The highest BCUT2D eigenvalue weighted by molar-refractivity contribution is 7.89. The number of nitrogens with zero attached hydrogens (tertiary/aromatic N) is 1. The van der Waals surface area contributed by atoms with Crippen LogP contribution in [0.4, 0.5) is 0 Å². The first kappa shape index (κ1) is 16.5. The minimum atomic E-state index is -3.34. The van der Waals surface area contributed by atoms with Crippen molar-refractivity contribution in [1.29, 1.82) is 0 Å². The minimum Gasteiger partial charge on any atom is -0.316 e. The molecule has 1 aliphatic heterocycles. The van der Waals surface area contributed by atoms with E-state index in [0.717, 1.165) is 31.4 Å². The van der Waals surface area contributed by atoms with Gasteiger partial charge in [0.25, 0.3) is 0 Å². The first-order valence-corrected chi connectivity index (χ1v) is 9.09. The van der Waals surface area contributed by atoms with E-state index in [1.165, 1.54) is 0 Å². The maximum Gasteiger partial charge on any atom is 0.243 e. The smallest absolute Gasteiger partial charge is 0.243 e. The fourth-order valence-corrected chi connectivity index (χ4v) is 4.19. The summed E-state index contributed by atoms with van der Waals surface area (Å²) in [5.74, 6) is 0. The van der Waals surface area contributed by atoms with Gasteiger partial charge in [-0.2, -0.15) is 4.31 Å². The highest BCUT2D eigenvalue weighted by Gasteiger charge is 2.34. The van der Waals surface area contributed by atoms with Crippen molar-refractivity contribution in [3.05, 3.63) is 29.8 Å². The summed E-state index contributed by atoms with van der Waals surface area (Å²) in [4.78, 5) is 0.405. The predicted molar refractivity (Wildman–Crippen MR) is 85.6 cm³/mol. The van der Waals surface area contributed by atoms with Gasteiger partial charge in [0.05, 0.1) is 4.90 Å². The van der Waals surface area contributed by atoms with Crippen molar-refractivity contribution in [1.82, 2.24) is 9.62 Å². The van der Waals surface area contributed by atoms with E-state index in [9.17, 15) is 8.42 Å². The zero-order chi connectivity index (χ0) is 15.5. The molecular formula is C16H26N2O2S. The molecule has 1 heterocycles. The maximum absolute atomic E-state index is 12.7. The Morgan fingerprint density at radius 3 is 2.24 bits per heavy atom. The van der Waals surface area contributed by atoms with E-state index in [1.54, 1.807) is 16.4 Å². The summed E-state index contributed by atoms with van der Waals surface area (Å²) < 4.78 is 27.0. The van der Waals surface area contributed by atoms with Crippen LogP contribution < -0.4 is 5.32 Å². The zero-order valence-corrected chi connectivity index (χ0v) is 14.0. The fourth-order valence-electron chi connectivity index (χ4n) is 2.75. The van der Waals surface area contributed by atoms with Gasteiger partial charge >= 0.3 is 0 Å². The van der Waals surface area contributed by atoms with Crippen LogP contribution in [-0.2, 0) is 16.6 Å². The molecule has 5 heteroatoms. The zero-order valence-electron chi connectivity index (χ0n) is 13.2. The summed E-state index contributed by atoms with van der Waals surface area (Å²) in [5, 5.41) is 3.06. The highest BCUT2D eigenvalue weighted by atomic mass is 32.2. The van der Waals surface area contributed by atoms with Gasteiger partial charge in [-0.05, 0) is 43.0 Å². The van der Waals surface area contributed by atoms with Crippen molar-refractivity contribution < 1.29 is 8.42 Å². The van der Waals surface area contributed by atoms with Gasteiger partial charge in [0.1, 0.15) is 0 Å². The van der Waals surface area contributed by atoms with Gasteiger partial charge in [-0.25, -0.2) is 8.42 Å². The molecule has 1 saturated heterocycles. The van der Waals surface area contributed by atoms with E-state index in [0.29, 0.717) is 23.4 Å². The number of hydrogen-bond acceptors (Lipinski definition) is 3. The Kier molecular flexibility index (Phi) is 5.07. The van der Waals surface area contributed by atoms with Gasteiger partial charge in [-0.3, -0.25) is 0 Å². The Bertz CT molecular complexity index is 558.